The molecule has 5 heavy (non-hydrogen) atoms. The van der Waals surface area contributed by atoms with E-state index in [1.54, 1.807) is 0 Å². The fourth-order valence-corrected chi connectivity index (χ4v) is 0. The van der Waals surface area contributed by atoms with Gasteiger partial charge in [0.05, 0.1) is 0 Å². The second-order valence-electron chi connectivity index (χ2n) is 0.410. The number of alkyl halides is 2. The molecule has 0 N–H and O–H groups in total. The Bertz CT molecular complexity index is 23.6. The van der Waals surface area contributed by atoms with Gasteiger partial charge in [0.25, 0.3) is 6.17 Å². The first-order valence-electron chi connectivity index (χ1n) is 0.914. The van der Waals surface area contributed by atoms with Crippen LogP contribution in [0.4, 0.5) is 8.78 Å². The number of hydrogen-bond donors (Lipinski definition) is 0. The van der Waals surface area contributed by atoms with E-state index in [-0.39, 0.29) is 0 Å². The van der Waals surface area contributed by atoms with E-state index in [2.05, 4.69) is 15.5 Å². The Labute approximate surface area is 38.5 Å². The SMILES string of the molecule is FC(F)PBr. The molecule has 0 nitrogen and oxygen atoms in total. The zero-order chi connectivity index (χ0) is 4.28. The van der Waals surface area contributed by atoms with E-state index in [1.807, 2.05) is 0 Å². The van der Waals surface area contributed by atoms with Crippen molar-refractivity contribution in [3.63, 3.8) is 0 Å². The minimum Gasteiger partial charge on any atom is -0.205 e. The average molecular weight is 163 g/mol. The first-order valence-corrected chi connectivity index (χ1v) is 4.25. The van der Waals surface area contributed by atoms with Gasteiger partial charge < -0.3 is 0 Å². The molecule has 32 valence electrons. The maximum Gasteiger partial charge on any atom is 0.262 e. The number of hydrogen-bond acceptors (Lipinski definition) is 0. The molecule has 1 unspecified atom stereocenters. The molecule has 0 aromatic rings. The Morgan fingerprint density at radius 2 is 1.80 bits per heavy atom. The highest BCUT2D eigenvalue weighted by atomic mass is 79.9. The van der Waals surface area contributed by atoms with Gasteiger partial charge in [0.15, 0.2) is 0 Å². The summed E-state index contributed by atoms with van der Waals surface area (Å²) in [4.78, 5) is 0. The second-order valence-corrected chi connectivity index (χ2v) is 2.44. The summed E-state index contributed by atoms with van der Waals surface area (Å²) in [5, 5.41) is 0. The standard InChI is InChI=1S/CH2BrF2P/c2-5-1(3)4/h1,5H. The summed E-state index contributed by atoms with van der Waals surface area (Å²) >= 11 is 2.59. The summed E-state index contributed by atoms with van der Waals surface area (Å²) in [6.07, 6.45) is -2.17. The van der Waals surface area contributed by atoms with Gasteiger partial charge in [-0.2, -0.15) is 0 Å². The fraction of sp³-hybridized carbons (Fsp3) is 1.00. The van der Waals surface area contributed by atoms with Crippen molar-refractivity contribution in [2.75, 3.05) is 0 Å². The monoisotopic (exact) mass is 162 g/mol. The van der Waals surface area contributed by atoms with Crippen molar-refractivity contribution in [1.82, 2.24) is 0 Å². The third-order valence-corrected chi connectivity index (χ3v) is 1.29. The molecule has 0 fully saturated rings. The molecule has 0 saturated carbocycles. The van der Waals surface area contributed by atoms with Gasteiger partial charge in [0.2, 0.25) is 0 Å². The molecule has 0 aliphatic heterocycles. The molecule has 0 aromatic heterocycles. The molecule has 0 heterocycles. The minimum atomic E-state index is -2.17. The van der Waals surface area contributed by atoms with Gasteiger partial charge >= 0.3 is 0 Å². The lowest BCUT2D eigenvalue weighted by Crippen LogP contribution is -1.65. The van der Waals surface area contributed by atoms with Crippen LogP contribution in [0, 0.1) is 0 Å². The first-order chi connectivity index (χ1) is 2.27. The maximum absolute atomic E-state index is 10.7. The van der Waals surface area contributed by atoms with Crippen LogP contribution >= 0.6 is 22.8 Å². The lowest BCUT2D eigenvalue weighted by molar-refractivity contribution is 0.250. The summed E-state index contributed by atoms with van der Waals surface area (Å²) in [6, 6.07) is 0. The average Bonchev–Trinajstić information content (AvgIpc) is 1.38. The Hall–Kier alpha value is 0.770. The van der Waals surface area contributed by atoms with Crippen LogP contribution in [-0.4, -0.2) is 6.17 Å². The molecule has 0 radical (unpaired) electrons. The van der Waals surface area contributed by atoms with Gasteiger partial charge in [0.1, 0.15) is 0 Å². The van der Waals surface area contributed by atoms with Crippen molar-refractivity contribution in [3.05, 3.63) is 0 Å². The van der Waals surface area contributed by atoms with E-state index in [1.165, 1.54) is 0 Å². The van der Waals surface area contributed by atoms with E-state index in [4.69, 9.17) is 0 Å². The smallest absolute Gasteiger partial charge is 0.205 e. The second kappa shape index (κ2) is 2.98. The van der Waals surface area contributed by atoms with Crippen LogP contribution in [0.3, 0.4) is 0 Å². The summed E-state index contributed by atoms with van der Waals surface area (Å²) in [7, 11) is -0.407. The summed E-state index contributed by atoms with van der Waals surface area (Å²) in [6.45, 7) is 0. The Kier molecular flexibility index (Phi) is 3.44. The third-order valence-electron chi connectivity index (χ3n) is 0.0825. The highest BCUT2D eigenvalue weighted by molar-refractivity contribution is 9.36. The van der Waals surface area contributed by atoms with Gasteiger partial charge in [0, 0.05) is 7.28 Å². The van der Waals surface area contributed by atoms with Crippen molar-refractivity contribution in [2.24, 2.45) is 0 Å². The first kappa shape index (κ1) is 5.77. The maximum atomic E-state index is 10.7. The molecular weight excluding hydrogens is 161 g/mol. The third kappa shape index (κ3) is 4.77. The zero-order valence-corrected chi connectivity index (χ0v) is 4.80. The Morgan fingerprint density at radius 3 is 1.80 bits per heavy atom. The molecule has 0 spiro atoms. The molecule has 0 amide bonds. The van der Waals surface area contributed by atoms with Crippen molar-refractivity contribution < 1.29 is 8.78 Å². The summed E-state index contributed by atoms with van der Waals surface area (Å²) < 4.78 is 21.5. The van der Waals surface area contributed by atoms with Crippen LogP contribution in [0.25, 0.3) is 0 Å². The van der Waals surface area contributed by atoms with Gasteiger partial charge in [-0.15, -0.1) is 0 Å². The fourth-order valence-electron chi connectivity index (χ4n) is 0. The van der Waals surface area contributed by atoms with Crippen LogP contribution in [-0.2, 0) is 0 Å². The summed E-state index contributed by atoms with van der Waals surface area (Å²) in [5.74, 6) is 0. The van der Waals surface area contributed by atoms with E-state index >= 15 is 0 Å². The van der Waals surface area contributed by atoms with Crippen molar-refractivity contribution in [2.45, 2.75) is 6.17 Å². The van der Waals surface area contributed by atoms with Crippen molar-refractivity contribution in [1.29, 1.82) is 0 Å². The highest BCUT2D eigenvalue weighted by Crippen LogP contribution is 2.28. The molecule has 0 rings (SSSR count). The topological polar surface area (TPSA) is 0 Å². The normalized spacial score (nSPS) is 12.0. The van der Waals surface area contributed by atoms with E-state index < -0.39 is 13.4 Å². The lowest BCUT2D eigenvalue weighted by atomic mass is 11.7. The zero-order valence-electron chi connectivity index (χ0n) is 2.21. The predicted octanol–water partition coefficient (Wildman–Crippen LogP) is 2.20. The molecule has 4 heteroatoms. The lowest BCUT2D eigenvalue weighted by Gasteiger charge is -1.80. The quantitative estimate of drug-likeness (QED) is 0.519. The van der Waals surface area contributed by atoms with E-state index in [0.29, 0.717) is 0 Å². The van der Waals surface area contributed by atoms with Crippen molar-refractivity contribution in [3.8, 4) is 0 Å². The van der Waals surface area contributed by atoms with Gasteiger partial charge in [-0.3, -0.25) is 0 Å². The molecule has 0 aromatic carbocycles. The van der Waals surface area contributed by atoms with E-state index in [9.17, 15) is 8.78 Å². The molecule has 0 bridgehead atoms. The number of rotatable bonds is 1. The molecule has 0 aliphatic rings. The molecule has 0 saturated heterocycles. The van der Waals surface area contributed by atoms with Crippen LogP contribution in [0.15, 0.2) is 0 Å². The number of halogens is 3. The van der Waals surface area contributed by atoms with Gasteiger partial charge in [-0.05, 0) is 0 Å². The Balaban J connectivity index is 2.54. The Morgan fingerprint density at radius 1 is 1.60 bits per heavy atom. The van der Waals surface area contributed by atoms with Gasteiger partial charge in [-0.1, -0.05) is 15.5 Å². The summed E-state index contributed by atoms with van der Waals surface area (Å²) in [5.41, 5.74) is 0. The molecule has 0 aliphatic carbocycles. The minimum absolute atomic E-state index is 0.407. The van der Waals surface area contributed by atoms with Gasteiger partial charge in [-0.25, -0.2) is 8.78 Å². The molecule has 1 atom stereocenters. The molecular formula is CH2BrF2P. The largest absolute Gasteiger partial charge is 0.262 e. The predicted molar refractivity (Wildman–Crippen MR) is 23.2 cm³/mol. The van der Waals surface area contributed by atoms with Crippen LogP contribution in [0.1, 0.15) is 0 Å². The van der Waals surface area contributed by atoms with Crippen molar-refractivity contribution >= 4 is 22.8 Å². The highest BCUT2D eigenvalue weighted by Gasteiger charge is 1.92. The van der Waals surface area contributed by atoms with Crippen LogP contribution < -0.4 is 0 Å². The van der Waals surface area contributed by atoms with Crippen LogP contribution in [0.2, 0.25) is 0 Å². The van der Waals surface area contributed by atoms with Crippen LogP contribution in [0.5, 0.6) is 0 Å². The van der Waals surface area contributed by atoms with E-state index in [0.717, 1.165) is 0 Å².